The number of carbonyl (C=O) groups excluding carboxylic acids is 1. The van der Waals surface area contributed by atoms with Gasteiger partial charge in [-0.15, -0.1) is 10.2 Å². The topological polar surface area (TPSA) is 80.9 Å². The molecular formula is C22H18N4O2. The molecular weight excluding hydrogens is 352 g/mol. The second kappa shape index (κ2) is 7.44. The monoisotopic (exact) mass is 370 g/mol. The van der Waals surface area contributed by atoms with E-state index >= 15 is 0 Å². The smallest absolute Gasteiger partial charge is 0.256 e. The number of aryl methyl sites for hydroxylation is 2. The van der Waals surface area contributed by atoms with E-state index in [0.29, 0.717) is 23.2 Å². The third kappa shape index (κ3) is 3.66. The molecule has 0 saturated carbocycles. The minimum absolute atomic E-state index is 0.226. The van der Waals surface area contributed by atoms with E-state index in [2.05, 4.69) is 20.5 Å². The van der Waals surface area contributed by atoms with Gasteiger partial charge in [-0.3, -0.25) is 4.79 Å². The lowest BCUT2D eigenvalue weighted by Gasteiger charge is -2.05. The first-order chi connectivity index (χ1) is 13.6. The molecule has 0 bridgehead atoms. The highest BCUT2D eigenvalue weighted by molar-refractivity contribution is 6.03. The lowest BCUT2D eigenvalue weighted by Crippen LogP contribution is -2.13. The Balaban J connectivity index is 1.52. The Kier molecular flexibility index (Phi) is 4.68. The van der Waals surface area contributed by atoms with Crippen molar-refractivity contribution in [2.75, 3.05) is 5.32 Å². The van der Waals surface area contributed by atoms with Gasteiger partial charge in [0.15, 0.2) is 0 Å². The maximum absolute atomic E-state index is 12.4. The standard InChI is InChI=1S/C22H18N4O2/c1-14-6-3-4-8-18(14)22-26-25-21(28-22)17-12-10-16(11-13-17)20(27)24-19-9-5-7-15(2)23-19/h3-13H,1-2H3,(H,23,24,27). The van der Waals surface area contributed by atoms with Crippen molar-refractivity contribution in [3.05, 3.63) is 83.6 Å². The van der Waals surface area contributed by atoms with Gasteiger partial charge in [-0.2, -0.15) is 0 Å². The molecule has 4 rings (SSSR count). The molecule has 4 aromatic rings. The van der Waals surface area contributed by atoms with Crippen molar-refractivity contribution in [3.63, 3.8) is 0 Å². The van der Waals surface area contributed by atoms with Gasteiger partial charge in [0.25, 0.3) is 5.91 Å². The van der Waals surface area contributed by atoms with Crippen LogP contribution < -0.4 is 5.32 Å². The Morgan fingerprint density at radius 2 is 1.61 bits per heavy atom. The first kappa shape index (κ1) is 17.6. The molecule has 2 aromatic carbocycles. The summed E-state index contributed by atoms with van der Waals surface area (Å²) in [5.74, 6) is 1.18. The maximum Gasteiger partial charge on any atom is 0.256 e. The van der Waals surface area contributed by atoms with Crippen LogP contribution >= 0.6 is 0 Å². The highest BCUT2D eigenvalue weighted by Gasteiger charge is 2.13. The first-order valence-electron chi connectivity index (χ1n) is 8.85. The van der Waals surface area contributed by atoms with Gasteiger partial charge in [0.05, 0.1) is 0 Å². The Bertz CT molecular complexity index is 1130. The van der Waals surface area contributed by atoms with Crippen LogP contribution in [0, 0.1) is 13.8 Å². The van der Waals surface area contributed by atoms with Crippen LogP contribution in [-0.4, -0.2) is 21.1 Å². The van der Waals surface area contributed by atoms with E-state index in [9.17, 15) is 4.79 Å². The highest BCUT2D eigenvalue weighted by atomic mass is 16.4. The van der Waals surface area contributed by atoms with Crippen LogP contribution in [0.3, 0.4) is 0 Å². The van der Waals surface area contributed by atoms with Gasteiger partial charge in [-0.1, -0.05) is 24.3 Å². The fourth-order valence-electron chi connectivity index (χ4n) is 2.83. The first-order valence-corrected chi connectivity index (χ1v) is 8.85. The lowest BCUT2D eigenvalue weighted by atomic mass is 10.1. The molecule has 0 fully saturated rings. The number of carbonyl (C=O) groups is 1. The Morgan fingerprint density at radius 3 is 2.36 bits per heavy atom. The summed E-state index contributed by atoms with van der Waals surface area (Å²) in [5, 5.41) is 11.1. The van der Waals surface area contributed by atoms with Crippen LogP contribution in [0.4, 0.5) is 5.82 Å². The Labute approximate surface area is 162 Å². The summed E-state index contributed by atoms with van der Waals surface area (Å²) >= 11 is 0. The van der Waals surface area contributed by atoms with Crippen LogP contribution in [0.1, 0.15) is 21.6 Å². The van der Waals surface area contributed by atoms with E-state index in [4.69, 9.17) is 4.42 Å². The zero-order valence-electron chi connectivity index (χ0n) is 15.5. The molecule has 0 aliphatic rings. The van der Waals surface area contributed by atoms with Gasteiger partial charge in [0.1, 0.15) is 5.82 Å². The number of nitrogens with one attached hydrogen (secondary N) is 1. The number of hydrogen-bond donors (Lipinski definition) is 1. The van der Waals surface area contributed by atoms with Crippen molar-refractivity contribution in [1.82, 2.24) is 15.2 Å². The lowest BCUT2D eigenvalue weighted by molar-refractivity contribution is 0.102. The quantitative estimate of drug-likeness (QED) is 0.565. The SMILES string of the molecule is Cc1cccc(NC(=O)c2ccc(-c3nnc(-c4ccccc4C)o3)cc2)n1. The predicted octanol–water partition coefficient (Wildman–Crippen LogP) is 4.67. The minimum atomic E-state index is -0.226. The molecule has 1 N–H and O–H groups in total. The van der Waals surface area contributed by atoms with Crippen LogP contribution in [0.5, 0.6) is 0 Å². The molecule has 2 heterocycles. The molecule has 6 nitrogen and oxygen atoms in total. The van der Waals surface area contributed by atoms with E-state index < -0.39 is 0 Å². The van der Waals surface area contributed by atoms with E-state index in [0.717, 1.165) is 22.4 Å². The van der Waals surface area contributed by atoms with Crippen molar-refractivity contribution in [1.29, 1.82) is 0 Å². The Hall–Kier alpha value is -3.80. The number of amides is 1. The number of aromatic nitrogens is 3. The molecule has 0 spiro atoms. The fraction of sp³-hybridized carbons (Fsp3) is 0.0909. The summed E-state index contributed by atoms with van der Waals surface area (Å²) in [6.45, 7) is 3.87. The van der Waals surface area contributed by atoms with E-state index in [1.807, 2.05) is 50.2 Å². The summed E-state index contributed by atoms with van der Waals surface area (Å²) in [6.07, 6.45) is 0. The molecule has 28 heavy (non-hydrogen) atoms. The van der Waals surface area contributed by atoms with Crippen molar-refractivity contribution in [3.8, 4) is 22.9 Å². The zero-order valence-corrected chi connectivity index (χ0v) is 15.5. The number of pyridine rings is 1. The molecule has 0 saturated heterocycles. The second-order valence-electron chi connectivity index (χ2n) is 6.42. The van der Waals surface area contributed by atoms with Crippen molar-refractivity contribution < 1.29 is 9.21 Å². The van der Waals surface area contributed by atoms with Gasteiger partial charge in [-0.25, -0.2) is 4.98 Å². The van der Waals surface area contributed by atoms with Gasteiger partial charge in [0, 0.05) is 22.4 Å². The number of nitrogens with zero attached hydrogens (tertiary/aromatic N) is 3. The fourth-order valence-corrected chi connectivity index (χ4v) is 2.83. The van der Waals surface area contributed by atoms with Crippen LogP contribution in [0.2, 0.25) is 0 Å². The molecule has 1 amide bonds. The largest absolute Gasteiger partial charge is 0.416 e. The normalized spacial score (nSPS) is 10.6. The zero-order chi connectivity index (χ0) is 19.5. The maximum atomic E-state index is 12.4. The van der Waals surface area contributed by atoms with Crippen molar-refractivity contribution in [2.45, 2.75) is 13.8 Å². The Morgan fingerprint density at radius 1 is 0.857 bits per heavy atom. The minimum Gasteiger partial charge on any atom is -0.416 e. The summed E-state index contributed by atoms with van der Waals surface area (Å²) in [7, 11) is 0. The van der Waals surface area contributed by atoms with Crippen molar-refractivity contribution in [2.24, 2.45) is 0 Å². The molecule has 6 heteroatoms. The second-order valence-corrected chi connectivity index (χ2v) is 6.42. The molecule has 0 aliphatic heterocycles. The number of anilines is 1. The third-order valence-electron chi connectivity index (χ3n) is 4.32. The summed E-state index contributed by atoms with van der Waals surface area (Å²) in [4.78, 5) is 16.7. The van der Waals surface area contributed by atoms with Crippen molar-refractivity contribution >= 4 is 11.7 Å². The molecule has 2 aromatic heterocycles. The number of rotatable bonds is 4. The van der Waals surface area contributed by atoms with E-state index in [1.165, 1.54) is 0 Å². The average molecular weight is 370 g/mol. The summed E-state index contributed by atoms with van der Waals surface area (Å²) in [5.41, 5.74) is 4.08. The third-order valence-corrected chi connectivity index (χ3v) is 4.32. The molecule has 138 valence electrons. The van der Waals surface area contributed by atoms with E-state index in [1.54, 1.807) is 30.3 Å². The van der Waals surface area contributed by atoms with Gasteiger partial charge in [-0.05, 0) is 61.9 Å². The van der Waals surface area contributed by atoms with Crippen LogP contribution in [0.25, 0.3) is 22.9 Å². The number of hydrogen-bond acceptors (Lipinski definition) is 5. The summed E-state index contributed by atoms with van der Waals surface area (Å²) in [6, 6.07) is 20.3. The molecule has 0 unspecified atom stereocenters. The molecule has 0 atom stereocenters. The van der Waals surface area contributed by atoms with Crippen LogP contribution in [0.15, 0.2) is 71.1 Å². The van der Waals surface area contributed by atoms with E-state index in [-0.39, 0.29) is 5.91 Å². The molecule has 0 aliphatic carbocycles. The van der Waals surface area contributed by atoms with Gasteiger partial charge >= 0.3 is 0 Å². The predicted molar refractivity (Wildman–Crippen MR) is 107 cm³/mol. The van der Waals surface area contributed by atoms with Crippen LogP contribution in [-0.2, 0) is 0 Å². The molecule has 0 radical (unpaired) electrons. The average Bonchev–Trinajstić information content (AvgIpc) is 3.18. The highest BCUT2D eigenvalue weighted by Crippen LogP contribution is 2.26. The summed E-state index contributed by atoms with van der Waals surface area (Å²) < 4.78 is 5.81. The number of benzene rings is 2. The van der Waals surface area contributed by atoms with Gasteiger partial charge < -0.3 is 9.73 Å². The van der Waals surface area contributed by atoms with Gasteiger partial charge in [0.2, 0.25) is 11.8 Å².